The second kappa shape index (κ2) is 6.36. The van der Waals surface area contributed by atoms with Gasteiger partial charge in [-0.3, -0.25) is 4.79 Å². The summed E-state index contributed by atoms with van der Waals surface area (Å²) in [7, 11) is 0. The summed E-state index contributed by atoms with van der Waals surface area (Å²) >= 11 is 4.90. The van der Waals surface area contributed by atoms with Crippen molar-refractivity contribution in [2.24, 2.45) is 0 Å². The Balaban J connectivity index is 1.87. The molecule has 2 aromatic rings. The first-order valence-corrected chi connectivity index (χ1v) is 7.43. The van der Waals surface area contributed by atoms with Gasteiger partial charge in [-0.1, -0.05) is 0 Å². The zero-order chi connectivity index (χ0) is 13.8. The first kappa shape index (κ1) is 14.3. The molecule has 2 rings (SSSR count). The molecule has 0 aliphatic rings. The maximum absolute atomic E-state index is 12.0. The summed E-state index contributed by atoms with van der Waals surface area (Å²) in [6, 6.07) is 7.21. The molecule has 2 N–H and O–H groups in total. The molecule has 2 heterocycles. The van der Waals surface area contributed by atoms with Crippen LogP contribution in [-0.2, 0) is 4.79 Å². The Morgan fingerprint density at radius 2 is 2.32 bits per heavy atom. The molecule has 0 radical (unpaired) electrons. The molecule has 0 saturated heterocycles. The molecule has 2 aromatic heterocycles. The van der Waals surface area contributed by atoms with E-state index in [1.54, 1.807) is 12.1 Å². The summed E-state index contributed by atoms with van der Waals surface area (Å²) in [5, 5.41) is 12.5. The molecule has 0 spiro atoms. The highest BCUT2D eigenvalue weighted by Gasteiger charge is 2.18. The summed E-state index contributed by atoms with van der Waals surface area (Å²) < 4.78 is 6.07. The molecule has 6 heteroatoms. The summed E-state index contributed by atoms with van der Waals surface area (Å²) in [6.07, 6.45) is 0.674. The zero-order valence-corrected chi connectivity index (χ0v) is 12.7. The highest BCUT2D eigenvalue weighted by atomic mass is 79.9. The van der Waals surface area contributed by atoms with E-state index in [2.05, 4.69) is 21.2 Å². The average molecular weight is 344 g/mol. The van der Waals surface area contributed by atoms with Gasteiger partial charge in [-0.15, -0.1) is 11.3 Å². The highest BCUT2D eigenvalue weighted by molar-refractivity contribution is 9.11. The number of carbonyl (C=O) groups is 1. The topological polar surface area (TPSA) is 62.5 Å². The van der Waals surface area contributed by atoms with E-state index in [4.69, 9.17) is 4.42 Å². The second-order valence-corrected chi connectivity index (χ2v) is 6.63. The maximum Gasteiger partial charge on any atom is 0.228 e. The fourth-order valence-corrected chi connectivity index (χ4v) is 3.10. The van der Waals surface area contributed by atoms with Gasteiger partial charge in [0.15, 0.2) is 0 Å². The molecule has 0 fully saturated rings. The molecule has 0 bridgehead atoms. The predicted octanol–water partition coefficient (Wildman–Crippen LogP) is 3.06. The monoisotopic (exact) mass is 343 g/mol. The lowest BCUT2D eigenvalue weighted by Gasteiger charge is -2.13. The van der Waals surface area contributed by atoms with Crippen LogP contribution in [0.3, 0.4) is 0 Å². The molecule has 0 aromatic carbocycles. The molecule has 0 aliphatic carbocycles. The van der Waals surface area contributed by atoms with Gasteiger partial charge in [0, 0.05) is 4.88 Å². The van der Waals surface area contributed by atoms with Gasteiger partial charge in [0.05, 0.1) is 22.5 Å². The van der Waals surface area contributed by atoms with Crippen LogP contribution in [0.25, 0.3) is 0 Å². The lowest BCUT2D eigenvalue weighted by molar-refractivity contribution is -0.122. The molecule has 2 atom stereocenters. The highest BCUT2D eigenvalue weighted by Crippen LogP contribution is 2.28. The predicted molar refractivity (Wildman–Crippen MR) is 77.1 cm³/mol. The summed E-state index contributed by atoms with van der Waals surface area (Å²) in [5.41, 5.74) is 0. The zero-order valence-electron chi connectivity index (χ0n) is 10.3. The largest absolute Gasteiger partial charge is 0.467 e. The van der Waals surface area contributed by atoms with E-state index in [0.717, 1.165) is 8.66 Å². The molecule has 19 heavy (non-hydrogen) atoms. The van der Waals surface area contributed by atoms with E-state index >= 15 is 0 Å². The standard InChI is InChI=1S/C13H14BrNO3S/c1-8(11-4-5-12(14)19-11)13(17)15-7-9(16)10-3-2-6-18-10/h2-6,8-9,16H,7H2,1H3,(H,15,17)/t8-,9+/m0/s1. The quantitative estimate of drug-likeness (QED) is 0.876. The van der Waals surface area contributed by atoms with Gasteiger partial charge < -0.3 is 14.8 Å². The number of aliphatic hydroxyl groups excluding tert-OH is 1. The van der Waals surface area contributed by atoms with E-state index in [1.807, 2.05) is 19.1 Å². The first-order chi connectivity index (χ1) is 9.08. The third-order valence-corrected chi connectivity index (χ3v) is 4.56. The number of thiophene rings is 1. The van der Waals surface area contributed by atoms with Crippen LogP contribution in [0.15, 0.2) is 38.7 Å². The van der Waals surface area contributed by atoms with Gasteiger partial charge in [-0.2, -0.15) is 0 Å². The molecule has 1 amide bonds. The normalized spacial score (nSPS) is 14.1. The number of nitrogens with one attached hydrogen (secondary N) is 1. The molecule has 0 unspecified atom stereocenters. The SMILES string of the molecule is C[C@H](C(=O)NC[C@@H](O)c1ccco1)c1ccc(Br)s1. The molecular weight excluding hydrogens is 330 g/mol. The van der Waals surface area contributed by atoms with Crippen LogP contribution in [0.2, 0.25) is 0 Å². The van der Waals surface area contributed by atoms with Gasteiger partial charge in [-0.25, -0.2) is 0 Å². The minimum atomic E-state index is -0.818. The molecule has 0 aliphatic heterocycles. The first-order valence-electron chi connectivity index (χ1n) is 5.82. The van der Waals surface area contributed by atoms with E-state index in [9.17, 15) is 9.90 Å². The summed E-state index contributed by atoms with van der Waals surface area (Å²) in [6.45, 7) is 1.98. The fourth-order valence-electron chi connectivity index (χ4n) is 1.62. The summed E-state index contributed by atoms with van der Waals surface area (Å²) in [5.74, 6) is 0.104. The minimum absolute atomic E-state index is 0.111. The van der Waals surface area contributed by atoms with Crippen molar-refractivity contribution in [2.45, 2.75) is 18.9 Å². The Morgan fingerprint density at radius 1 is 1.53 bits per heavy atom. The van der Waals surface area contributed by atoms with Gasteiger partial charge in [0.2, 0.25) is 5.91 Å². The number of amides is 1. The fraction of sp³-hybridized carbons (Fsp3) is 0.308. The number of aliphatic hydroxyl groups is 1. The van der Waals surface area contributed by atoms with Gasteiger partial charge in [-0.05, 0) is 47.1 Å². The lowest BCUT2D eigenvalue weighted by atomic mass is 10.1. The number of furan rings is 1. The Morgan fingerprint density at radius 3 is 2.89 bits per heavy atom. The third kappa shape index (κ3) is 3.68. The van der Waals surface area contributed by atoms with Crippen LogP contribution in [0.4, 0.5) is 0 Å². The lowest BCUT2D eigenvalue weighted by Crippen LogP contribution is -2.31. The van der Waals surface area contributed by atoms with Crippen LogP contribution in [0.5, 0.6) is 0 Å². The van der Waals surface area contributed by atoms with Crippen molar-refractivity contribution >= 4 is 33.2 Å². The Bertz CT molecular complexity index is 538. The number of halogens is 1. The van der Waals surface area contributed by atoms with Gasteiger partial charge in [0.1, 0.15) is 11.9 Å². The third-order valence-electron chi connectivity index (χ3n) is 2.76. The Hall–Kier alpha value is -1.11. The van der Waals surface area contributed by atoms with Crippen molar-refractivity contribution < 1.29 is 14.3 Å². The van der Waals surface area contributed by atoms with E-state index < -0.39 is 6.10 Å². The molecular formula is C13H14BrNO3S. The average Bonchev–Trinajstić information content (AvgIpc) is 3.05. The van der Waals surface area contributed by atoms with Crippen molar-refractivity contribution in [3.8, 4) is 0 Å². The van der Waals surface area contributed by atoms with Crippen LogP contribution >= 0.6 is 27.3 Å². The van der Waals surface area contributed by atoms with Crippen LogP contribution in [-0.4, -0.2) is 17.6 Å². The number of hydrogen-bond donors (Lipinski definition) is 2. The van der Waals surface area contributed by atoms with E-state index in [-0.39, 0.29) is 18.4 Å². The van der Waals surface area contributed by atoms with E-state index in [1.165, 1.54) is 17.6 Å². The maximum atomic E-state index is 12.0. The van der Waals surface area contributed by atoms with Crippen molar-refractivity contribution in [1.82, 2.24) is 5.32 Å². The van der Waals surface area contributed by atoms with Gasteiger partial charge in [0.25, 0.3) is 0 Å². The van der Waals surface area contributed by atoms with Crippen LogP contribution < -0.4 is 5.32 Å². The minimum Gasteiger partial charge on any atom is -0.467 e. The molecule has 0 saturated carbocycles. The van der Waals surface area contributed by atoms with Crippen molar-refractivity contribution in [3.05, 3.63) is 45.0 Å². The second-order valence-electron chi connectivity index (χ2n) is 4.14. The Kier molecular flexibility index (Phi) is 4.79. The summed E-state index contributed by atoms with van der Waals surface area (Å²) in [4.78, 5) is 12.9. The number of hydrogen-bond acceptors (Lipinski definition) is 4. The van der Waals surface area contributed by atoms with E-state index in [0.29, 0.717) is 5.76 Å². The van der Waals surface area contributed by atoms with Crippen LogP contribution in [0.1, 0.15) is 29.6 Å². The van der Waals surface area contributed by atoms with Crippen molar-refractivity contribution in [2.75, 3.05) is 6.54 Å². The van der Waals surface area contributed by atoms with Crippen LogP contribution in [0, 0.1) is 0 Å². The smallest absolute Gasteiger partial charge is 0.228 e. The molecule has 4 nitrogen and oxygen atoms in total. The number of rotatable bonds is 5. The molecule has 102 valence electrons. The van der Waals surface area contributed by atoms with Crippen molar-refractivity contribution in [1.29, 1.82) is 0 Å². The van der Waals surface area contributed by atoms with Crippen molar-refractivity contribution in [3.63, 3.8) is 0 Å². The Labute approximate surface area is 123 Å². The van der Waals surface area contributed by atoms with Gasteiger partial charge >= 0.3 is 0 Å². The number of carbonyl (C=O) groups excluding carboxylic acids is 1.